The number of benzene rings is 6. The monoisotopic (exact) mass is 433 g/mol. The number of hydrogen-bond acceptors (Lipinski definition) is 1. The molecule has 2 aromatic heterocycles. The van der Waals surface area contributed by atoms with Gasteiger partial charge in [0, 0.05) is 32.3 Å². The third-order valence-corrected chi connectivity index (χ3v) is 7.19. The maximum atomic E-state index is 6.23. The van der Waals surface area contributed by atoms with Crippen LogP contribution in [0.2, 0.25) is 0 Å². The molecule has 1 N–H and O–H groups in total. The second-order valence-corrected chi connectivity index (χ2v) is 9.04. The van der Waals surface area contributed by atoms with Gasteiger partial charge in [0.25, 0.3) is 0 Å². The van der Waals surface area contributed by atoms with Gasteiger partial charge in [-0.15, -0.1) is 0 Å². The lowest BCUT2D eigenvalue weighted by Gasteiger charge is -2.09. The summed E-state index contributed by atoms with van der Waals surface area (Å²) in [6, 6.07) is 38.9. The van der Waals surface area contributed by atoms with Crippen molar-refractivity contribution < 1.29 is 4.42 Å². The summed E-state index contributed by atoms with van der Waals surface area (Å²) in [7, 11) is 0. The van der Waals surface area contributed by atoms with Crippen molar-refractivity contribution in [3.05, 3.63) is 109 Å². The normalized spacial score (nSPS) is 12.1. The van der Waals surface area contributed by atoms with Crippen LogP contribution in [0.3, 0.4) is 0 Å². The molecule has 8 rings (SSSR count). The highest BCUT2D eigenvalue weighted by molar-refractivity contribution is 6.26. The number of furan rings is 1. The van der Waals surface area contributed by atoms with Crippen molar-refractivity contribution >= 4 is 65.3 Å². The van der Waals surface area contributed by atoms with Crippen LogP contribution in [0.15, 0.2) is 114 Å². The van der Waals surface area contributed by atoms with Crippen molar-refractivity contribution in [2.24, 2.45) is 0 Å². The number of nitrogens with one attached hydrogen (secondary N) is 1. The highest BCUT2D eigenvalue weighted by atomic mass is 16.3. The average Bonchev–Trinajstić information content (AvgIpc) is 3.47. The standard InChI is InChI=1S/C32H19NO/c1-3-9-22-19(7-1)13-16-26-30-27(17-20-8-2-4-10-23(20)32(30)33-31(22)26)21-14-15-25-24-11-5-6-12-28(24)34-29(25)18-21/h1-18,33H. The molecule has 0 unspecified atom stereocenters. The van der Waals surface area contributed by atoms with Crippen LogP contribution >= 0.6 is 0 Å². The first-order chi connectivity index (χ1) is 16.8. The minimum absolute atomic E-state index is 0.922. The van der Waals surface area contributed by atoms with Gasteiger partial charge in [-0.05, 0) is 46.2 Å². The summed E-state index contributed by atoms with van der Waals surface area (Å²) in [6.45, 7) is 0. The van der Waals surface area contributed by atoms with Gasteiger partial charge in [-0.3, -0.25) is 0 Å². The SMILES string of the molecule is c1ccc2c(c1)ccc1c2[nH]c2c3ccccc3cc(-c3ccc4c(c3)oc3ccccc34)c12. The number of H-pyrrole nitrogens is 1. The van der Waals surface area contributed by atoms with Crippen molar-refractivity contribution in [1.82, 2.24) is 4.98 Å². The molecule has 0 fully saturated rings. The molecular formula is C32H19NO. The summed E-state index contributed by atoms with van der Waals surface area (Å²) in [5.41, 5.74) is 6.61. The van der Waals surface area contributed by atoms with E-state index in [0.717, 1.165) is 27.5 Å². The van der Waals surface area contributed by atoms with Crippen molar-refractivity contribution in [1.29, 1.82) is 0 Å². The van der Waals surface area contributed by atoms with E-state index in [1.54, 1.807) is 0 Å². The van der Waals surface area contributed by atoms with Gasteiger partial charge in [-0.2, -0.15) is 0 Å². The van der Waals surface area contributed by atoms with E-state index in [0.29, 0.717) is 0 Å². The number of aromatic amines is 1. The van der Waals surface area contributed by atoms with Crippen LogP contribution in [0.5, 0.6) is 0 Å². The molecule has 34 heavy (non-hydrogen) atoms. The minimum atomic E-state index is 0.922. The maximum Gasteiger partial charge on any atom is 0.136 e. The van der Waals surface area contributed by atoms with Gasteiger partial charge in [0.05, 0.1) is 11.0 Å². The fourth-order valence-corrected chi connectivity index (χ4v) is 5.62. The van der Waals surface area contributed by atoms with Gasteiger partial charge in [0.2, 0.25) is 0 Å². The van der Waals surface area contributed by atoms with E-state index >= 15 is 0 Å². The average molecular weight is 434 g/mol. The molecule has 2 heterocycles. The molecule has 8 aromatic rings. The van der Waals surface area contributed by atoms with E-state index in [9.17, 15) is 0 Å². The molecule has 0 atom stereocenters. The Kier molecular flexibility index (Phi) is 3.42. The van der Waals surface area contributed by atoms with Gasteiger partial charge >= 0.3 is 0 Å². The van der Waals surface area contributed by atoms with Crippen LogP contribution in [0.4, 0.5) is 0 Å². The van der Waals surface area contributed by atoms with E-state index in [1.165, 1.54) is 48.9 Å². The zero-order chi connectivity index (χ0) is 22.2. The largest absolute Gasteiger partial charge is 0.456 e. The van der Waals surface area contributed by atoms with Gasteiger partial charge in [-0.1, -0.05) is 84.9 Å². The second-order valence-electron chi connectivity index (χ2n) is 9.04. The van der Waals surface area contributed by atoms with Crippen molar-refractivity contribution in [2.45, 2.75) is 0 Å². The van der Waals surface area contributed by atoms with E-state index in [4.69, 9.17) is 4.42 Å². The van der Waals surface area contributed by atoms with Gasteiger partial charge in [0.1, 0.15) is 11.2 Å². The van der Waals surface area contributed by atoms with E-state index in [1.807, 2.05) is 12.1 Å². The molecule has 0 spiro atoms. The van der Waals surface area contributed by atoms with Crippen LogP contribution in [-0.4, -0.2) is 4.98 Å². The number of hydrogen-bond donors (Lipinski definition) is 1. The third-order valence-electron chi connectivity index (χ3n) is 7.19. The van der Waals surface area contributed by atoms with Crippen molar-refractivity contribution in [3.8, 4) is 11.1 Å². The van der Waals surface area contributed by atoms with Crippen LogP contribution < -0.4 is 0 Å². The van der Waals surface area contributed by atoms with Crippen molar-refractivity contribution in [2.75, 3.05) is 0 Å². The van der Waals surface area contributed by atoms with Gasteiger partial charge < -0.3 is 9.40 Å². The summed E-state index contributed by atoms with van der Waals surface area (Å²) < 4.78 is 6.23. The fourth-order valence-electron chi connectivity index (χ4n) is 5.62. The molecule has 158 valence electrons. The first-order valence-corrected chi connectivity index (χ1v) is 11.6. The second kappa shape index (κ2) is 6.49. The Labute approximate surface area is 195 Å². The molecule has 0 saturated heterocycles. The topological polar surface area (TPSA) is 28.9 Å². The number of fused-ring (bicyclic) bond motifs is 10. The third kappa shape index (κ3) is 2.35. The number of aromatic nitrogens is 1. The van der Waals surface area contributed by atoms with Gasteiger partial charge in [0.15, 0.2) is 0 Å². The molecule has 0 amide bonds. The lowest BCUT2D eigenvalue weighted by atomic mass is 9.94. The molecule has 2 heteroatoms. The quantitative estimate of drug-likeness (QED) is 0.275. The molecule has 0 aliphatic heterocycles. The van der Waals surface area contributed by atoms with E-state index < -0.39 is 0 Å². The number of rotatable bonds is 1. The van der Waals surface area contributed by atoms with E-state index in [2.05, 4.69) is 102 Å². The zero-order valence-corrected chi connectivity index (χ0v) is 18.3. The van der Waals surface area contributed by atoms with E-state index in [-0.39, 0.29) is 0 Å². The summed E-state index contributed by atoms with van der Waals surface area (Å²) in [6.07, 6.45) is 0. The molecule has 0 aliphatic carbocycles. The Balaban J connectivity index is 1.53. The predicted octanol–water partition coefficient (Wildman–Crippen LogP) is 9.19. The van der Waals surface area contributed by atoms with Gasteiger partial charge in [-0.25, -0.2) is 0 Å². The Morgan fingerprint density at radius 3 is 2.03 bits per heavy atom. The summed E-state index contributed by atoms with van der Waals surface area (Å²) in [5.74, 6) is 0. The summed E-state index contributed by atoms with van der Waals surface area (Å²) >= 11 is 0. The molecule has 0 bridgehead atoms. The summed E-state index contributed by atoms with van der Waals surface area (Å²) in [5, 5.41) is 9.79. The lowest BCUT2D eigenvalue weighted by Crippen LogP contribution is -1.83. The molecule has 0 saturated carbocycles. The molecule has 0 radical (unpaired) electrons. The molecule has 0 aliphatic rings. The predicted molar refractivity (Wildman–Crippen MR) is 144 cm³/mol. The van der Waals surface area contributed by atoms with Crippen LogP contribution in [0.25, 0.3) is 76.4 Å². The first-order valence-electron chi connectivity index (χ1n) is 11.6. The maximum absolute atomic E-state index is 6.23. The molecular weight excluding hydrogens is 414 g/mol. The van der Waals surface area contributed by atoms with Crippen LogP contribution in [0.1, 0.15) is 0 Å². The Hall–Kier alpha value is -4.56. The lowest BCUT2D eigenvalue weighted by molar-refractivity contribution is 0.669. The van der Waals surface area contributed by atoms with Crippen LogP contribution in [0, 0.1) is 0 Å². The highest BCUT2D eigenvalue weighted by Gasteiger charge is 2.17. The smallest absolute Gasteiger partial charge is 0.136 e. The summed E-state index contributed by atoms with van der Waals surface area (Å²) in [4.78, 5) is 3.81. The Morgan fingerprint density at radius 2 is 1.15 bits per heavy atom. The molecule has 6 aromatic carbocycles. The number of para-hydroxylation sites is 1. The fraction of sp³-hybridized carbons (Fsp3) is 0. The first kappa shape index (κ1) is 17.9. The zero-order valence-electron chi connectivity index (χ0n) is 18.3. The highest BCUT2D eigenvalue weighted by Crippen LogP contribution is 2.42. The Morgan fingerprint density at radius 1 is 0.471 bits per heavy atom. The minimum Gasteiger partial charge on any atom is -0.456 e. The molecule has 2 nitrogen and oxygen atoms in total. The Bertz CT molecular complexity index is 2070. The van der Waals surface area contributed by atoms with Crippen molar-refractivity contribution in [3.63, 3.8) is 0 Å². The van der Waals surface area contributed by atoms with Crippen LogP contribution in [-0.2, 0) is 0 Å².